The molecular formula is C50H32N4O2S3. The van der Waals surface area contributed by atoms with E-state index in [0.29, 0.717) is 44.5 Å². The molecule has 6 aliphatic carbocycles. The summed E-state index contributed by atoms with van der Waals surface area (Å²) >= 11 is 5.53. The Hall–Kier alpha value is -6.20. The zero-order valence-corrected chi connectivity index (χ0v) is 34.3. The molecule has 0 saturated heterocycles. The Morgan fingerprint density at radius 1 is 0.644 bits per heavy atom. The van der Waals surface area contributed by atoms with Crippen molar-refractivity contribution in [1.29, 1.82) is 10.5 Å². The smallest absolute Gasteiger partial charge is 0.270 e. The Balaban J connectivity index is 1.08. The van der Waals surface area contributed by atoms with Gasteiger partial charge in [-0.15, -0.1) is 34.0 Å². The summed E-state index contributed by atoms with van der Waals surface area (Å²) in [5, 5.41) is 20.0. The molecule has 6 aliphatic rings. The normalized spacial score (nSPS) is 22.1. The van der Waals surface area contributed by atoms with Crippen LogP contribution in [-0.2, 0) is 10.8 Å². The minimum absolute atomic E-state index is 0.0526. The molecule has 282 valence electrons. The van der Waals surface area contributed by atoms with Crippen LogP contribution < -0.4 is 0 Å². The summed E-state index contributed by atoms with van der Waals surface area (Å²) < 4.78 is 2.74. The van der Waals surface area contributed by atoms with Crippen molar-refractivity contribution in [2.24, 2.45) is 0 Å². The number of rotatable bonds is 2. The van der Waals surface area contributed by atoms with Gasteiger partial charge in [0.15, 0.2) is 11.6 Å². The number of ketones is 2. The summed E-state index contributed by atoms with van der Waals surface area (Å²) in [5.41, 5.74) is 8.93. The maximum Gasteiger partial charge on any atom is 0.270 e. The predicted octanol–water partition coefficient (Wildman–Crippen LogP) is 13.3. The number of benzene rings is 2. The fourth-order valence-corrected chi connectivity index (χ4v) is 15.8. The Morgan fingerprint density at radius 2 is 1.17 bits per heavy atom. The lowest BCUT2D eigenvalue weighted by Gasteiger charge is -2.36. The highest BCUT2D eigenvalue weighted by Gasteiger charge is 2.51. The topological polar surface area (TPSA) is 90.4 Å². The third-order valence-electron chi connectivity index (χ3n) is 13.6. The van der Waals surface area contributed by atoms with Crippen LogP contribution in [0, 0.1) is 35.8 Å². The van der Waals surface area contributed by atoms with Gasteiger partial charge in [0.05, 0.1) is 39.6 Å². The number of nitrogens with zero attached hydrogens (tertiary/aromatic N) is 4. The van der Waals surface area contributed by atoms with Crippen molar-refractivity contribution >= 4 is 78.3 Å². The van der Waals surface area contributed by atoms with E-state index in [1.54, 1.807) is 23.5 Å². The third kappa shape index (κ3) is 4.79. The van der Waals surface area contributed by atoms with Crippen molar-refractivity contribution in [2.75, 3.05) is 0 Å². The molecule has 6 nitrogen and oxygen atoms in total. The maximum atomic E-state index is 14.1. The standard InChI is InChI=1S/C50H32N4O2S3/c1-53-36(25-51)39-29-13-5-7-15-31(29)43(55)33(39)21-27-22-38-41(49(27)17-9-3-10-18-49)46-48(58-38)42-47(59-46)45-35(50(42)19-11-4-12-20-50)24-28(57-45)23-34-40(37(26-52)54-2)30-14-6-8-16-32(30)44(34)56/h5-8,13-16,21-24H,3-4,9-12,17-20H2/b33-21-,34-23+,39-36+,40-37?. The van der Waals surface area contributed by atoms with Crippen LogP contribution in [0.1, 0.15) is 122 Å². The summed E-state index contributed by atoms with van der Waals surface area (Å²) in [7, 11) is 0. The fraction of sp³-hybridized carbons (Fsp3) is 0.240. The SMILES string of the molecule is [C-]#[N+]C(C#N)=C1/C(=C\c2cc3c(s2)-c2sc4c5c(sc4c2C32CCCCC2)C=C(/C=C2\C(=O)c3ccccc3\C2=C(\C#N)[N+]#[C-])C52CCCCC2)C(=O)c2ccccc21. The van der Waals surface area contributed by atoms with E-state index in [-0.39, 0.29) is 33.8 Å². The summed E-state index contributed by atoms with van der Waals surface area (Å²) in [4.78, 5) is 39.9. The molecule has 9 heteroatoms. The second-order valence-corrected chi connectivity index (χ2v) is 19.5. The van der Waals surface area contributed by atoms with Crippen LogP contribution in [0.25, 0.3) is 52.1 Å². The first-order chi connectivity index (χ1) is 28.9. The summed E-state index contributed by atoms with van der Waals surface area (Å²) in [5.74, 6) is -0.283. The Kier molecular flexibility index (Phi) is 8.01. The van der Waals surface area contributed by atoms with E-state index in [4.69, 9.17) is 13.1 Å². The Labute approximate surface area is 353 Å². The van der Waals surface area contributed by atoms with Gasteiger partial charge in [0, 0.05) is 64.4 Å². The van der Waals surface area contributed by atoms with Crippen LogP contribution in [0.2, 0.25) is 0 Å². The van der Waals surface area contributed by atoms with Gasteiger partial charge in [0.25, 0.3) is 11.4 Å². The number of allylic oxidation sites excluding steroid dienone is 8. The summed E-state index contributed by atoms with van der Waals surface area (Å²) in [6.45, 7) is 15.6. The number of fused-ring (bicyclic) bond motifs is 12. The second kappa shape index (κ2) is 13.2. The molecule has 2 aromatic carbocycles. The largest absolute Gasteiger partial charge is 0.289 e. The van der Waals surface area contributed by atoms with Crippen LogP contribution >= 0.6 is 34.0 Å². The van der Waals surface area contributed by atoms with Crippen LogP contribution in [-0.4, -0.2) is 11.6 Å². The van der Waals surface area contributed by atoms with E-state index in [0.717, 1.165) is 68.2 Å². The average molecular weight is 817 g/mol. The molecule has 0 unspecified atom stereocenters. The number of hydrogen-bond acceptors (Lipinski definition) is 7. The first-order valence-electron chi connectivity index (χ1n) is 20.1. The molecule has 5 aromatic rings. The monoisotopic (exact) mass is 816 g/mol. The van der Waals surface area contributed by atoms with Crippen molar-refractivity contribution in [3.63, 3.8) is 0 Å². The van der Waals surface area contributed by atoms with Gasteiger partial charge in [0.1, 0.15) is 0 Å². The van der Waals surface area contributed by atoms with Gasteiger partial charge in [-0.2, -0.15) is 0 Å². The van der Waals surface area contributed by atoms with E-state index in [2.05, 4.69) is 34.0 Å². The van der Waals surface area contributed by atoms with Gasteiger partial charge in [-0.3, -0.25) is 9.59 Å². The van der Waals surface area contributed by atoms with Gasteiger partial charge in [0.2, 0.25) is 0 Å². The molecule has 2 saturated carbocycles. The minimum atomic E-state index is -0.266. The molecule has 2 fully saturated rings. The molecule has 0 bridgehead atoms. The zero-order valence-electron chi connectivity index (χ0n) is 31.8. The van der Waals surface area contributed by atoms with Gasteiger partial charge in [-0.05, 0) is 77.8 Å². The molecule has 2 spiro atoms. The summed E-state index contributed by atoms with van der Waals surface area (Å²) in [6, 6.07) is 21.0. The molecule has 3 aromatic heterocycles. The van der Waals surface area contributed by atoms with Crippen molar-refractivity contribution < 1.29 is 9.59 Å². The van der Waals surface area contributed by atoms with E-state index < -0.39 is 0 Å². The number of Topliss-reactive ketones (excluding diaryl/α,β-unsaturated/α-hetero) is 2. The second-order valence-electron chi connectivity index (χ2n) is 16.3. The highest BCUT2D eigenvalue weighted by molar-refractivity contribution is 7.32. The molecule has 0 aliphatic heterocycles. The molecule has 0 radical (unpaired) electrons. The van der Waals surface area contributed by atoms with Crippen LogP contribution in [0.3, 0.4) is 0 Å². The lowest BCUT2D eigenvalue weighted by atomic mass is 9.66. The molecule has 0 atom stereocenters. The lowest BCUT2D eigenvalue weighted by molar-refractivity contribution is 0.103. The number of nitriles is 2. The average Bonchev–Trinajstić information content (AvgIpc) is 4.12. The Bertz CT molecular complexity index is 3120. The van der Waals surface area contributed by atoms with E-state index >= 15 is 0 Å². The minimum Gasteiger partial charge on any atom is -0.289 e. The van der Waals surface area contributed by atoms with Gasteiger partial charge in [-0.25, -0.2) is 20.2 Å². The summed E-state index contributed by atoms with van der Waals surface area (Å²) in [6.07, 6.45) is 17.2. The first-order valence-corrected chi connectivity index (χ1v) is 22.6. The Morgan fingerprint density at radius 3 is 1.73 bits per heavy atom. The van der Waals surface area contributed by atoms with Crippen LogP contribution in [0.5, 0.6) is 0 Å². The van der Waals surface area contributed by atoms with E-state index in [1.165, 1.54) is 47.1 Å². The third-order valence-corrected chi connectivity index (χ3v) is 17.4. The first kappa shape index (κ1) is 35.9. The van der Waals surface area contributed by atoms with Gasteiger partial charge in [-0.1, -0.05) is 87.1 Å². The highest BCUT2D eigenvalue weighted by Crippen LogP contribution is 2.67. The number of hydrogen-bond donors (Lipinski definition) is 0. The number of carbonyl (C=O) groups is 2. The number of carbonyl (C=O) groups excluding carboxylic acids is 2. The maximum absolute atomic E-state index is 14.1. The van der Waals surface area contributed by atoms with Crippen molar-refractivity contribution in [1.82, 2.24) is 0 Å². The molecule has 0 amide bonds. The number of thiophene rings is 3. The van der Waals surface area contributed by atoms with Crippen molar-refractivity contribution in [3.05, 3.63) is 160 Å². The predicted molar refractivity (Wildman–Crippen MR) is 235 cm³/mol. The fourth-order valence-electron chi connectivity index (χ4n) is 11.2. The van der Waals surface area contributed by atoms with Gasteiger partial charge < -0.3 is 0 Å². The van der Waals surface area contributed by atoms with E-state index in [9.17, 15) is 20.1 Å². The molecular weight excluding hydrogens is 785 g/mol. The quantitative estimate of drug-likeness (QED) is 0.101. The molecule has 11 rings (SSSR count). The van der Waals surface area contributed by atoms with Crippen molar-refractivity contribution in [3.8, 4) is 21.9 Å². The van der Waals surface area contributed by atoms with E-state index in [1.807, 2.05) is 71.2 Å². The zero-order chi connectivity index (χ0) is 40.2. The van der Waals surface area contributed by atoms with Crippen LogP contribution in [0.4, 0.5) is 0 Å². The molecule has 0 N–H and O–H groups in total. The molecule has 3 heterocycles. The molecule has 59 heavy (non-hydrogen) atoms. The van der Waals surface area contributed by atoms with Crippen LogP contribution in [0.15, 0.2) is 88.8 Å². The highest BCUT2D eigenvalue weighted by atomic mass is 32.1. The van der Waals surface area contributed by atoms with Crippen molar-refractivity contribution in [2.45, 2.75) is 75.0 Å². The van der Waals surface area contributed by atoms with Gasteiger partial charge >= 0.3 is 0 Å². The lowest BCUT2D eigenvalue weighted by Crippen LogP contribution is -2.29.